The molecule has 9 aliphatic rings. The number of hydrogen-bond acceptors (Lipinski definition) is 12. The lowest BCUT2D eigenvalue weighted by Crippen LogP contribution is -2.49. The van der Waals surface area contributed by atoms with E-state index in [-0.39, 0.29) is 0 Å². The lowest BCUT2D eigenvalue weighted by atomic mass is 9.93. The van der Waals surface area contributed by atoms with Crippen molar-refractivity contribution >= 4 is 0 Å². The highest BCUT2D eigenvalue weighted by atomic mass is 15.3. The number of hydrogen-bond donors (Lipinski definition) is 0. The molecule has 0 radical (unpaired) electrons. The monoisotopic (exact) mass is 1170 g/mol. The van der Waals surface area contributed by atoms with E-state index < -0.39 is 0 Å². The van der Waals surface area contributed by atoms with Gasteiger partial charge in [-0.3, -0.25) is 29.4 Å². The van der Waals surface area contributed by atoms with Crippen LogP contribution >= 0.6 is 0 Å². The summed E-state index contributed by atoms with van der Waals surface area (Å²) >= 11 is 0. The van der Waals surface area contributed by atoms with Crippen molar-refractivity contribution in [2.24, 2.45) is 0 Å². The van der Waals surface area contributed by atoms with E-state index in [0.717, 1.165) is 66.5 Å². The molecule has 0 aromatic rings. The second kappa shape index (κ2) is 41.7. The van der Waals surface area contributed by atoms with Crippen molar-refractivity contribution in [3.8, 4) is 0 Å². The standard InChI is InChI=1S/2C13H26N2.C12H24N2.C12H26N2.C11H24N2.C10H22N2/c1-14(2)11-13-9-5-6-10-15(13)12-7-3-4-8-12;1-14(2)11-13-9-6-10-15(13)12-7-4-3-5-8-12;1-13(2)10-12-8-5-9-14(12)11-6-3-4-7-11;1-5-11(2)14-9-7-6-8-12(14)10-13(3)4;1-10(2)13-8-6-5-7-11(13)9-12(3)4;1-9(2)12-7-5-6-10(12)8-11(3)4/h2*12-13H,3-11H2,1-2H3;11-12H,3-10H2,1-2H3;11-12H,5-10H2,1-4H3;10-11H,5-9H2,1-4H3;9-10H,5-8H2,1-4H3. The molecule has 0 N–H and O–H groups in total. The molecule has 492 valence electrons. The molecule has 3 saturated carbocycles. The van der Waals surface area contributed by atoms with Gasteiger partial charge in [0.25, 0.3) is 0 Å². The van der Waals surface area contributed by atoms with Crippen molar-refractivity contribution in [3.05, 3.63) is 0 Å². The van der Waals surface area contributed by atoms with Gasteiger partial charge in [0, 0.05) is 112 Å². The summed E-state index contributed by atoms with van der Waals surface area (Å²) in [7, 11) is 26.3. The lowest BCUT2D eigenvalue weighted by Gasteiger charge is -2.41. The highest BCUT2D eigenvalue weighted by molar-refractivity contribution is 4.91. The van der Waals surface area contributed by atoms with Gasteiger partial charge in [-0.05, 0) is 280 Å². The average Bonchev–Trinajstić information content (AvgIpc) is 4.50. The van der Waals surface area contributed by atoms with E-state index in [4.69, 9.17) is 0 Å². The Bertz CT molecular complexity index is 1560. The molecule has 3 aliphatic carbocycles. The summed E-state index contributed by atoms with van der Waals surface area (Å²) in [5.41, 5.74) is 0. The highest BCUT2D eigenvalue weighted by Gasteiger charge is 2.35. The zero-order chi connectivity index (χ0) is 60.8. The normalized spacial score (nSPS) is 28.4. The van der Waals surface area contributed by atoms with E-state index in [1.165, 1.54) is 265 Å². The van der Waals surface area contributed by atoms with Gasteiger partial charge in [-0.15, -0.1) is 0 Å². The van der Waals surface area contributed by atoms with Crippen LogP contribution in [-0.4, -0.2) is 294 Å². The molecule has 0 bridgehead atoms. The summed E-state index contributed by atoms with van der Waals surface area (Å²) in [6.45, 7) is 29.4. The Morgan fingerprint density at radius 2 is 0.494 bits per heavy atom. The summed E-state index contributed by atoms with van der Waals surface area (Å²) in [5.74, 6) is 0. The van der Waals surface area contributed by atoms with E-state index in [0.29, 0.717) is 6.04 Å². The molecule has 6 saturated heterocycles. The van der Waals surface area contributed by atoms with Crippen LogP contribution in [0.3, 0.4) is 0 Å². The molecular formula is C71H148N12. The first-order chi connectivity index (χ1) is 39.7. The molecule has 7 unspecified atom stereocenters. The largest absolute Gasteiger partial charge is 0.308 e. The van der Waals surface area contributed by atoms with E-state index in [1.54, 1.807) is 0 Å². The predicted octanol–water partition coefficient (Wildman–Crippen LogP) is 12.1. The first kappa shape index (κ1) is 75.0. The minimum absolute atomic E-state index is 0.713. The van der Waals surface area contributed by atoms with E-state index in [1.807, 2.05) is 0 Å². The first-order valence-electron chi connectivity index (χ1n) is 36.1. The van der Waals surface area contributed by atoms with E-state index >= 15 is 0 Å². The van der Waals surface area contributed by atoms with Gasteiger partial charge >= 0.3 is 0 Å². The molecule has 0 aromatic carbocycles. The molecule has 6 aliphatic heterocycles. The van der Waals surface area contributed by atoms with Gasteiger partial charge < -0.3 is 29.4 Å². The molecule has 12 heteroatoms. The van der Waals surface area contributed by atoms with E-state index in [9.17, 15) is 0 Å². The minimum Gasteiger partial charge on any atom is -0.308 e. The SMILES string of the molecule is CC(C)N1CCCC1CN(C)C.CC(C)N1CCCCC1CN(C)C.CCC(C)N1CCCCC1CN(C)C.CN(C)CC1CCCCN1C1CCCC1.CN(C)CC1CCCN1C1CCCC1.CN(C)CC1CCCN1C1CCCCC1. The fraction of sp³-hybridized carbons (Fsp3) is 1.00. The molecule has 0 aromatic heterocycles. The summed E-state index contributed by atoms with van der Waals surface area (Å²) in [4.78, 5) is 30.4. The van der Waals surface area contributed by atoms with Crippen LogP contribution in [0.2, 0.25) is 0 Å². The predicted molar refractivity (Wildman–Crippen MR) is 365 cm³/mol. The van der Waals surface area contributed by atoms with Crippen molar-refractivity contribution in [1.29, 1.82) is 0 Å². The maximum atomic E-state index is 2.83. The van der Waals surface area contributed by atoms with Crippen LogP contribution in [-0.2, 0) is 0 Å². The second-order valence-electron chi connectivity index (χ2n) is 30.5. The van der Waals surface area contributed by atoms with Gasteiger partial charge in [0.15, 0.2) is 0 Å². The second-order valence-corrected chi connectivity index (χ2v) is 30.5. The molecular weight excluding hydrogens is 1020 g/mol. The van der Waals surface area contributed by atoms with E-state index in [2.05, 4.69) is 185 Å². The fourth-order valence-corrected chi connectivity index (χ4v) is 16.8. The number of likely N-dealkylation sites (N-methyl/N-ethyl adjacent to an activating group) is 6. The minimum atomic E-state index is 0.713. The Hall–Kier alpha value is -0.480. The number of piperidine rings is 3. The van der Waals surface area contributed by atoms with Crippen molar-refractivity contribution in [2.75, 3.05) is 163 Å². The van der Waals surface area contributed by atoms with Crippen LogP contribution in [0, 0.1) is 0 Å². The molecule has 6 heterocycles. The van der Waals surface area contributed by atoms with Crippen molar-refractivity contribution in [2.45, 2.75) is 300 Å². The molecule has 9 rings (SSSR count). The third-order valence-electron chi connectivity index (χ3n) is 20.9. The summed E-state index contributed by atoms with van der Waals surface area (Å²) in [5, 5.41) is 0. The Morgan fingerprint density at radius 1 is 0.265 bits per heavy atom. The molecule has 0 spiro atoms. The number of nitrogens with zero attached hydrogens (tertiary/aromatic N) is 12. The van der Waals surface area contributed by atoms with Gasteiger partial charge in [0.1, 0.15) is 0 Å². The van der Waals surface area contributed by atoms with Crippen LogP contribution in [0.4, 0.5) is 0 Å². The maximum absolute atomic E-state index is 2.83. The van der Waals surface area contributed by atoms with Crippen LogP contribution in [0.15, 0.2) is 0 Å². The maximum Gasteiger partial charge on any atom is 0.0226 e. The van der Waals surface area contributed by atoms with Gasteiger partial charge in [-0.2, -0.15) is 0 Å². The van der Waals surface area contributed by atoms with Crippen LogP contribution in [0.25, 0.3) is 0 Å². The third kappa shape index (κ3) is 28.5. The molecule has 7 atom stereocenters. The van der Waals surface area contributed by atoms with Gasteiger partial charge in [0.2, 0.25) is 0 Å². The number of likely N-dealkylation sites (tertiary alicyclic amines) is 6. The Balaban J connectivity index is 0.000000214. The topological polar surface area (TPSA) is 38.9 Å². The van der Waals surface area contributed by atoms with Crippen LogP contribution in [0.1, 0.15) is 228 Å². The summed E-state index contributed by atoms with van der Waals surface area (Å²) in [6.07, 6.45) is 41.5. The van der Waals surface area contributed by atoms with Crippen molar-refractivity contribution in [3.63, 3.8) is 0 Å². The number of rotatable bonds is 19. The molecule has 83 heavy (non-hydrogen) atoms. The van der Waals surface area contributed by atoms with Crippen molar-refractivity contribution in [1.82, 2.24) is 58.8 Å². The van der Waals surface area contributed by atoms with Gasteiger partial charge in [-0.25, -0.2) is 0 Å². The lowest BCUT2D eigenvalue weighted by molar-refractivity contribution is 0.0786. The van der Waals surface area contributed by atoms with Crippen LogP contribution in [0.5, 0.6) is 0 Å². The zero-order valence-corrected chi connectivity index (χ0v) is 59.3. The summed E-state index contributed by atoms with van der Waals surface area (Å²) < 4.78 is 0. The summed E-state index contributed by atoms with van der Waals surface area (Å²) in [6, 6.07) is 9.93. The quantitative estimate of drug-likeness (QED) is 0.124. The fourth-order valence-electron chi connectivity index (χ4n) is 16.8. The Morgan fingerprint density at radius 3 is 0.831 bits per heavy atom. The van der Waals surface area contributed by atoms with Gasteiger partial charge in [0.05, 0.1) is 0 Å². The molecule has 0 amide bonds. The van der Waals surface area contributed by atoms with Crippen LogP contribution < -0.4 is 0 Å². The Labute approximate surface area is 519 Å². The average molecular weight is 1170 g/mol. The first-order valence-corrected chi connectivity index (χ1v) is 36.1. The zero-order valence-electron chi connectivity index (χ0n) is 59.3. The molecule has 12 nitrogen and oxygen atoms in total. The smallest absolute Gasteiger partial charge is 0.0226 e. The van der Waals surface area contributed by atoms with Gasteiger partial charge in [-0.1, -0.05) is 71.1 Å². The Kier molecular flexibility index (Phi) is 37.7. The molecule has 9 fully saturated rings. The van der Waals surface area contributed by atoms with Crippen molar-refractivity contribution < 1.29 is 0 Å². The highest BCUT2D eigenvalue weighted by Crippen LogP contribution is 2.33. The third-order valence-corrected chi connectivity index (χ3v) is 20.9.